The van der Waals surface area contributed by atoms with E-state index in [-0.39, 0.29) is 0 Å². The number of rotatable bonds is 7. The number of hydrogen-bond donors (Lipinski definition) is 1. The molecule has 18 heavy (non-hydrogen) atoms. The van der Waals surface area contributed by atoms with E-state index < -0.39 is 0 Å². The van der Waals surface area contributed by atoms with Crippen LogP contribution in [0.2, 0.25) is 0 Å². The first-order chi connectivity index (χ1) is 8.88. The van der Waals surface area contributed by atoms with E-state index >= 15 is 0 Å². The zero-order valence-corrected chi connectivity index (χ0v) is 10.7. The zero-order valence-electron chi connectivity index (χ0n) is 10.7. The van der Waals surface area contributed by atoms with Crippen LogP contribution in [-0.2, 0) is 13.1 Å². The van der Waals surface area contributed by atoms with Gasteiger partial charge in [0.2, 0.25) is 0 Å². The van der Waals surface area contributed by atoms with E-state index in [9.17, 15) is 0 Å². The lowest BCUT2D eigenvalue weighted by atomic mass is 10.2. The Labute approximate surface area is 108 Å². The van der Waals surface area contributed by atoms with Crippen molar-refractivity contribution >= 4 is 0 Å². The van der Waals surface area contributed by atoms with Crippen molar-refractivity contribution in [2.24, 2.45) is 0 Å². The molecule has 0 radical (unpaired) electrons. The number of imidazole rings is 1. The average Bonchev–Trinajstić information content (AvgIpc) is 2.92. The van der Waals surface area contributed by atoms with Gasteiger partial charge in [-0.05, 0) is 30.7 Å². The quantitative estimate of drug-likeness (QED) is 0.759. The Morgan fingerprint density at radius 2 is 2.33 bits per heavy atom. The molecule has 0 aliphatic carbocycles. The fourth-order valence-electron chi connectivity index (χ4n) is 1.82. The minimum atomic E-state index is 0.876. The van der Waals surface area contributed by atoms with E-state index in [0.717, 1.165) is 31.8 Å². The highest BCUT2D eigenvalue weighted by molar-refractivity contribution is 5.28. The molecule has 1 N–H and O–H groups in total. The number of methoxy groups -OCH3 is 1. The Morgan fingerprint density at radius 1 is 1.39 bits per heavy atom. The second-order valence-corrected chi connectivity index (χ2v) is 4.18. The molecule has 96 valence electrons. The molecule has 0 unspecified atom stereocenters. The summed E-state index contributed by atoms with van der Waals surface area (Å²) in [6.45, 7) is 2.88. The Bertz CT molecular complexity index is 454. The zero-order chi connectivity index (χ0) is 12.6. The van der Waals surface area contributed by atoms with Gasteiger partial charge < -0.3 is 14.6 Å². The lowest BCUT2D eigenvalue weighted by Crippen LogP contribution is -2.16. The normalized spacial score (nSPS) is 10.5. The molecule has 1 heterocycles. The van der Waals surface area contributed by atoms with Gasteiger partial charge in [0.05, 0.1) is 13.4 Å². The Morgan fingerprint density at radius 3 is 3.11 bits per heavy atom. The molecule has 0 bridgehead atoms. The van der Waals surface area contributed by atoms with Crippen molar-refractivity contribution in [3.05, 3.63) is 48.5 Å². The van der Waals surface area contributed by atoms with Gasteiger partial charge in [-0.25, -0.2) is 4.98 Å². The van der Waals surface area contributed by atoms with Gasteiger partial charge >= 0.3 is 0 Å². The van der Waals surface area contributed by atoms with Crippen molar-refractivity contribution in [2.75, 3.05) is 13.7 Å². The summed E-state index contributed by atoms with van der Waals surface area (Å²) >= 11 is 0. The fraction of sp³-hybridized carbons (Fsp3) is 0.357. The highest BCUT2D eigenvalue weighted by atomic mass is 16.5. The van der Waals surface area contributed by atoms with Gasteiger partial charge in [-0.15, -0.1) is 0 Å². The Kier molecular flexibility index (Phi) is 4.78. The SMILES string of the molecule is COc1cccc(CNCCCn2ccnc2)c1. The molecule has 2 rings (SSSR count). The van der Waals surface area contributed by atoms with Gasteiger partial charge in [0.15, 0.2) is 0 Å². The fourth-order valence-corrected chi connectivity index (χ4v) is 1.82. The summed E-state index contributed by atoms with van der Waals surface area (Å²) in [7, 11) is 1.69. The number of nitrogens with one attached hydrogen (secondary N) is 1. The van der Waals surface area contributed by atoms with E-state index in [1.54, 1.807) is 7.11 Å². The number of aryl methyl sites for hydroxylation is 1. The van der Waals surface area contributed by atoms with Crippen molar-refractivity contribution in [3.8, 4) is 5.75 Å². The summed E-state index contributed by atoms with van der Waals surface area (Å²) in [5.74, 6) is 0.910. The lowest BCUT2D eigenvalue weighted by molar-refractivity contribution is 0.414. The maximum Gasteiger partial charge on any atom is 0.119 e. The number of benzene rings is 1. The maximum absolute atomic E-state index is 5.19. The van der Waals surface area contributed by atoms with Crippen LogP contribution in [0.3, 0.4) is 0 Å². The van der Waals surface area contributed by atoms with Gasteiger partial charge in [0, 0.05) is 25.5 Å². The monoisotopic (exact) mass is 245 g/mol. The number of hydrogen-bond acceptors (Lipinski definition) is 3. The van der Waals surface area contributed by atoms with Crippen molar-refractivity contribution in [1.82, 2.24) is 14.9 Å². The first-order valence-electron chi connectivity index (χ1n) is 6.18. The molecule has 1 aromatic carbocycles. The van der Waals surface area contributed by atoms with Crippen LogP contribution < -0.4 is 10.1 Å². The Balaban J connectivity index is 1.65. The standard InChI is InChI=1S/C14H19N3O/c1-18-14-5-2-4-13(10-14)11-15-6-3-8-17-9-7-16-12-17/h2,4-5,7,9-10,12,15H,3,6,8,11H2,1H3. The van der Waals surface area contributed by atoms with Crippen LogP contribution in [0.25, 0.3) is 0 Å². The third kappa shape index (κ3) is 3.89. The van der Waals surface area contributed by atoms with Crippen molar-refractivity contribution in [1.29, 1.82) is 0 Å². The largest absolute Gasteiger partial charge is 0.497 e. The lowest BCUT2D eigenvalue weighted by Gasteiger charge is -2.07. The first-order valence-corrected chi connectivity index (χ1v) is 6.18. The molecule has 1 aromatic heterocycles. The number of ether oxygens (including phenoxy) is 1. The topological polar surface area (TPSA) is 39.1 Å². The summed E-state index contributed by atoms with van der Waals surface area (Å²) in [5.41, 5.74) is 1.25. The molecule has 4 heteroatoms. The van der Waals surface area contributed by atoms with Crippen LogP contribution >= 0.6 is 0 Å². The third-order valence-corrected chi connectivity index (χ3v) is 2.79. The second kappa shape index (κ2) is 6.81. The summed E-state index contributed by atoms with van der Waals surface area (Å²) in [4.78, 5) is 4.02. The molecular formula is C14H19N3O. The third-order valence-electron chi connectivity index (χ3n) is 2.79. The van der Waals surface area contributed by atoms with E-state index in [4.69, 9.17) is 4.74 Å². The van der Waals surface area contributed by atoms with E-state index in [1.165, 1.54) is 5.56 Å². The van der Waals surface area contributed by atoms with E-state index in [0.29, 0.717) is 0 Å². The predicted molar refractivity (Wildman–Crippen MR) is 71.5 cm³/mol. The molecule has 0 saturated heterocycles. The highest BCUT2D eigenvalue weighted by Gasteiger charge is 1.95. The van der Waals surface area contributed by atoms with Crippen LogP contribution in [0.15, 0.2) is 43.0 Å². The molecule has 0 aliphatic heterocycles. The molecule has 0 spiro atoms. The van der Waals surface area contributed by atoms with E-state index in [2.05, 4.69) is 27.0 Å². The van der Waals surface area contributed by atoms with Crippen LogP contribution in [0.1, 0.15) is 12.0 Å². The van der Waals surface area contributed by atoms with E-state index in [1.807, 2.05) is 30.9 Å². The highest BCUT2D eigenvalue weighted by Crippen LogP contribution is 2.11. The van der Waals surface area contributed by atoms with Crippen molar-refractivity contribution in [3.63, 3.8) is 0 Å². The molecule has 0 atom stereocenters. The average molecular weight is 245 g/mol. The van der Waals surface area contributed by atoms with Gasteiger partial charge in [-0.2, -0.15) is 0 Å². The van der Waals surface area contributed by atoms with Gasteiger partial charge in [0.1, 0.15) is 5.75 Å². The second-order valence-electron chi connectivity index (χ2n) is 4.18. The molecular weight excluding hydrogens is 226 g/mol. The van der Waals surface area contributed by atoms with Crippen LogP contribution in [0, 0.1) is 0 Å². The smallest absolute Gasteiger partial charge is 0.119 e. The van der Waals surface area contributed by atoms with Crippen LogP contribution in [0.4, 0.5) is 0 Å². The maximum atomic E-state index is 5.19. The summed E-state index contributed by atoms with van der Waals surface area (Å²) in [6.07, 6.45) is 6.74. The summed E-state index contributed by atoms with van der Waals surface area (Å²) < 4.78 is 7.28. The number of nitrogens with zero attached hydrogens (tertiary/aromatic N) is 2. The Hall–Kier alpha value is -1.81. The molecule has 0 amide bonds. The van der Waals surface area contributed by atoms with Gasteiger partial charge in [0.25, 0.3) is 0 Å². The number of aromatic nitrogens is 2. The summed E-state index contributed by atoms with van der Waals surface area (Å²) in [6, 6.07) is 8.14. The van der Waals surface area contributed by atoms with Gasteiger partial charge in [-0.1, -0.05) is 12.1 Å². The molecule has 0 saturated carbocycles. The summed E-state index contributed by atoms with van der Waals surface area (Å²) in [5, 5.41) is 3.43. The molecule has 0 aliphatic rings. The van der Waals surface area contributed by atoms with Gasteiger partial charge in [-0.3, -0.25) is 0 Å². The molecule has 2 aromatic rings. The first kappa shape index (κ1) is 12.6. The minimum absolute atomic E-state index is 0.876. The van der Waals surface area contributed by atoms with Crippen LogP contribution in [-0.4, -0.2) is 23.2 Å². The molecule has 0 fully saturated rings. The van der Waals surface area contributed by atoms with Crippen molar-refractivity contribution < 1.29 is 4.74 Å². The van der Waals surface area contributed by atoms with Crippen molar-refractivity contribution in [2.45, 2.75) is 19.5 Å². The predicted octanol–water partition coefficient (Wildman–Crippen LogP) is 2.07. The minimum Gasteiger partial charge on any atom is -0.497 e. The molecule has 4 nitrogen and oxygen atoms in total. The van der Waals surface area contributed by atoms with Crippen LogP contribution in [0.5, 0.6) is 5.75 Å².